The first-order chi connectivity index (χ1) is 6.44. The summed E-state index contributed by atoms with van der Waals surface area (Å²) in [6.07, 6.45) is 1.91. The highest BCUT2D eigenvalue weighted by molar-refractivity contribution is 5.76. The van der Waals surface area contributed by atoms with Crippen LogP contribution < -0.4 is 0 Å². The summed E-state index contributed by atoms with van der Waals surface area (Å²) in [5.41, 5.74) is -2.07. The van der Waals surface area contributed by atoms with E-state index in [2.05, 4.69) is 0 Å². The van der Waals surface area contributed by atoms with E-state index in [0.29, 0.717) is 25.7 Å². The number of carboxylic acid groups (broad SMARTS) is 1. The summed E-state index contributed by atoms with van der Waals surface area (Å²) in [6, 6.07) is 0. The zero-order valence-corrected chi connectivity index (χ0v) is 9.63. The average molecular weight is 202 g/mol. The third-order valence-corrected chi connectivity index (χ3v) is 3.68. The fourth-order valence-corrected chi connectivity index (χ4v) is 2.34. The molecule has 0 aromatic carbocycles. The van der Waals surface area contributed by atoms with Crippen LogP contribution in [0.1, 0.15) is 53.4 Å². The van der Waals surface area contributed by atoms with Gasteiger partial charge < -0.3 is 10.2 Å². The van der Waals surface area contributed by atoms with Gasteiger partial charge in [0.25, 0.3) is 0 Å². The van der Waals surface area contributed by atoms with E-state index < -0.39 is 17.0 Å². The normalized spacial score (nSPS) is 12.9. The van der Waals surface area contributed by atoms with Crippen LogP contribution in [0.3, 0.4) is 0 Å². The van der Waals surface area contributed by atoms with Crippen molar-refractivity contribution in [1.82, 2.24) is 0 Å². The lowest BCUT2D eigenvalue weighted by Crippen LogP contribution is -2.52. The van der Waals surface area contributed by atoms with Crippen molar-refractivity contribution in [3.05, 3.63) is 0 Å². The molecule has 0 heterocycles. The van der Waals surface area contributed by atoms with Gasteiger partial charge in [0, 0.05) is 0 Å². The molecule has 0 saturated heterocycles. The molecule has 0 radical (unpaired) electrons. The van der Waals surface area contributed by atoms with Crippen molar-refractivity contribution >= 4 is 5.97 Å². The number of hydrogen-bond acceptors (Lipinski definition) is 2. The molecular weight excluding hydrogens is 180 g/mol. The predicted octanol–water partition coefficient (Wildman–Crippen LogP) is 2.43. The second-order valence-corrected chi connectivity index (χ2v) is 3.83. The number of aliphatic carboxylic acids is 1. The first-order valence-corrected chi connectivity index (χ1v) is 5.39. The zero-order valence-electron chi connectivity index (χ0n) is 9.63. The minimum absolute atomic E-state index is 0.469. The maximum Gasteiger partial charge on any atom is 0.312 e. The molecular formula is C11H22O3. The van der Waals surface area contributed by atoms with Crippen LogP contribution in [0.25, 0.3) is 0 Å². The first-order valence-electron chi connectivity index (χ1n) is 5.39. The van der Waals surface area contributed by atoms with Crippen LogP contribution >= 0.6 is 0 Å². The second-order valence-electron chi connectivity index (χ2n) is 3.83. The highest BCUT2D eigenvalue weighted by atomic mass is 16.4. The van der Waals surface area contributed by atoms with Gasteiger partial charge in [-0.25, -0.2) is 0 Å². The van der Waals surface area contributed by atoms with Crippen molar-refractivity contribution in [1.29, 1.82) is 0 Å². The van der Waals surface area contributed by atoms with E-state index in [4.69, 9.17) is 0 Å². The van der Waals surface area contributed by atoms with Crippen molar-refractivity contribution in [2.45, 2.75) is 59.0 Å². The van der Waals surface area contributed by atoms with E-state index >= 15 is 0 Å². The Bertz CT molecular complexity index is 191. The highest BCUT2D eigenvalue weighted by Gasteiger charge is 2.51. The molecule has 0 amide bonds. The van der Waals surface area contributed by atoms with Gasteiger partial charge in [-0.15, -0.1) is 0 Å². The van der Waals surface area contributed by atoms with E-state index in [9.17, 15) is 15.0 Å². The van der Waals surface area contributed by atoms with Crippen molar-refractivity contribution in [3.8, 4) is 0 Å². The Morgan fingerprint density at radius 3 is 1.43 bits per heavy atom. The Labute approximate surface area is 86.1 Å². The van der Waals surface area contributed by atoms with E-state index in [-0.39, 0.29) is 0 Å². The third-order valence-electron chi connectivity index (χ3n) is 3.68. The molecule has 0 aliphatic carbocycles. The number of hydrogen-bond donors (Lipinski definition) is 2. The Kier molecular flexibility index (Phi) is 4.59. The molecule has 0 aliphatic heterocycles. The maximum absolute atomic E-state index is 11.3. The summed E-state index contributed by atoms with van der Waals surface area (Å²) in [4.78, 5) is 11.3. The molecule has 0 fully saturated rings. The van der Waals surface area contributed by atoms with Gasteiger partial charge in [-0.3, -0.25) is 4.79 Å². The zero-order chi connectivity index (χ0) is 11.4. The summed E-state index contributed by atoms with van der Waals surface area (Å²) in [6.45, 7) is 7.33. The quantitative estimate of drug-likeness (QED) is 0.695. The fourth-order valence-electron chi connectivity index (χ4n) is 2.34. The van der Waals surface area contributed by atoms with Crippen LogP contribution in [0.5, 0.6) is 0 Å². The van der Waals surface area contributed by atoms with Crippen LogP contribution in [-0.4, -0.2) is 21.8 Å². The van der Waals surface area contributed by atoms with Crippen molar-refractivity contribution in [2.24, 2.45) is 5.41 Å². The smallest absolute Gasteiger partial charge is 0.312 e. The van der Waals surface area contributed by atoms with Crippen LogP contribution in [0, 0.1) is 5.41 Å². The molecule has 0 aliphatic rings. The molecule has 0 spiro atoms. The first kappa shape index (κ1) is 13.4. The lowest BCUT2D eigenvalue weighted by atomic mass is 9.65. The van der Waals surface area contributed by atoms with Gasteiger partial charge in [0.05, 0.1) is 11.0 Å². The van der Waals surface area contributed by atoms with Gasteiger partial charge in [-0.05, 0) is 25.7 Å². The van der Waals surface area contributed by atoms with E-state index in [1.807, 2.05) is 27.7 Å². The molecule has 0 unspecified atom stereocenters. The van der Waals surface area contributed by atoms with Gasteiger partial charge >= 0.3 is 5.97 Å². The topological polar surface area (TPSA) is 57.5 Å². The molecule has 0 aromatic heterocycles. The largest absolute Gasteiger partial charge is 0.481 e. The summed E-state index contributed by atoms with van der Waals surface area (Å²) in [5.74, 6) is -0.881. The molecule has 0 rings (SSSR count). The van der Waals surface area contributed by atoms with Gasteiger partial charge in [0.15, 0.2) is 0 Å². The number of carbonyl (C=O) groups is 1. The van der Waals surface area contributed by atoms with Gasteiger partial charge in [0.2, 0.25) is 0 Å². The summed E-state index contributed by atoms with van der Waals surface area (Å²) in [7, 11) is 0. The predicted molar refractivity (Wildman–Crippen MR) is 56.2 cm³/mol. The molecule has 2 N–H and O–H groups in total. The molecule has 0 atom stereocenters. The van der Waals surface area contributed by atoms with E-state index in [0.717, 1.165) is 0 Å². The van der Waals surface area contributed by atoms with Gasteiger partial charge in [0.1, 0.15) is 0 Å². The minimum Gasteiger partial charge on any atom is -0.481 e. The summed E-state index contributed by atoms with van der Waals surface area (Å²) >= 11 is 0. The van der Waals surface area contributed by atoms with Crippen LogP contribution in [-0.2, 0) is 4.79 Å². The van der Waals surface area contributed by atoms with Crippen molar-refractivity contribution < 1.29 is 15.0 Å². The maximum atomic E-state index is 11.3. The molecule has 0 aromatic rings. The Morgan fingerprint density at radius 2 is 1.36 bits per heavy atom. The van der Waals surface area contributed by atoms with Crippen molar-refractivity contribution in [2.75, 3.05) is 0 Å². The van der Waals surface area contributed by atoms with Gasteiger partial charge in [-0.1, -0.05) is 27.7 Å². The fraction of sp³-hybridized carbons (Fsp3) is 0.909. The van der Waals surface area contributed by atoms with Gasteiger partial charge in [-0.2, -0.15) is 0 Å². The molecule has 0 bridgehead atoms. The van der Waals surface area contributed by atoms with Crippen LogP contribution in [0.15, 0.2) is 0 Å². The average Bonchev–Trinajstić information content (AvgIpc) is 2.19. The lowest BCUT2D eigenvalue weighted by Gasteiger charge is -2.42. The monoisotopic (exact) mass is 202 g/mol. The van der Waals surface area contributed by atoms with Crippen LogP contribution in [0.2, 0.25) is 0 Å². The highest BCUT2D eigenvalue weighted by Crippen LogP contribution is 2.43. The molecule has 14 heavy (non-hydrogen) atoms. The Hall–Kier alpha value is -0.570. The van der Waals surface area contributed by atoms with Crippen LogP contribution in [0.4, 0.5) is 0 Å². The summed E-state index contributed by atoms with van der Waals surface area (Å²) < 4.78 is 0. The molecule has 0 saturated carbocycles. The van der Waals surface area contributed by atoms with Crippen molar-refractivity contribution in [3.63, 3.8) is 0 Å². The minimum atomic E-state index is -1.08. The molecule has 84 valence electrons. The lowest BCUT2D eigenvalue weighted by molar-refractivity contribution is -0.172. The Morgan fingerprint density at radius 1 is 1.00 bits per heavy atom. The second kappa shape index (κ2) is 4.78. The van der Waals surface area contributed by atoms with E-state index in [1.54, 1.807) is 0 Å². The Balaban J connectivity index is 5.25. The molecule has 3 heteroatoms. The number of carboxylic acids is 1. The SMILES string of the molecule is CCC(O)(CC)C(CC)(CC)C(=O)O. The third kappa shape index (κ3) is 1.78. The van der Waals surface area contributed by atoms with E-state index in [1.165, 1.54) is 0 Å². The molecule has 3 nitrogen and oxygen atoms in total. The number of aliphatic hydroxyl groups is 1. The summed E-state index contributed by atoms with van der Waals surface area (Å²) in [5, 5.41) is 19.6. The number of rotatable bonds is 6. The standard InChI is InChI=1S/C11H22O3/c1-5-10(6-2,9(12)13)11(14,7-3)8-4/h14H,5-8H2,1-4H3,(H,12,13).